The first-order valence-corrected chi connectivity index (χ1v) is 11.0. The third kappa shape index (κ3) is 4.59. The molecular weight excluding hydrogens is 449 g/mol. The Bertz CT molecular complexity index is 1120. The molecule has 3 aromatic carbocycles. The zero-order valence-corrected chi connectivity index (χ0v) is 18.6. The number of halogens is 2. The van der Waals surface area contributed by atoms with Crippen LogP contribution in [0.4, 0.5) is 4.79 Å². The van der Waals surface area contributed by atoms with Crippen LogP contribution in [0.25, 0.3) is 11.1 Å². The molecule has 0 radical (unpaired) electrons. The van der Waals surface area contributed by atoms with Crippen LogP contribution in [-0.4, -0.2) is 29.8 Å². The van der Waals surface area contributed by atoms with E-state index in [2.05, 4.69) is 17.4 Å². The fourth-order valence-electron chi connectivity index (χ4n) is 4.08. The molecular formula is C25H21Cl2NO4. The Morgan fingerprint density at radius 2 is 1.56 bits per heavy atom. The lowest BCUT2D eigenvalue weighted by atomic mass is 9.98. The van der Waals surface area contributed by atoms with Gasteiger partial charge in [0.05, 0.1) is 10.0 Å². The van der Waals surface area contributed by atoms with Gasteiger partial charge in [0, 0.05) is 5.92 Å². The largest absolute Gasteiger partial charge is 0.480 e. The van der Waals surface area contributed by atoms with Gasteiger partial charge in [-0.05, 0) is 46.7 Å². The summed E-state index contributed by atoms with van der Waals surface area (Å²) in [6, 6.07) is 20.1. The predicted molar refractivity (Wildman–Crippen MR) is 124 cm³/mol. The van der Waals surface area contributed by atoms with Crippen molar-refractivity contribution < 1.29 is 19.4 Å². The monoisotopic (exact) mass is 469 g/mol. The van der Waals surface area contributed by atoms with E-state index in [-0.39, 0.29) is 18.9 Å². The number of alkyl carbamates (subject to hydrolysis) is 1. The van der Waals surface area contributed by atoms with Crippen molar-refractivity contribution in [1.82, 2.24) is 5.32 Å². The highest BCUT2D eigenvalue weighted by molar-refractivity contribution is 6.42. The van der Waals surface area contributed by atoms with Crippen molar-refractivity contribution in [3.63, 3.8) is 0 Å². The molecule has 0 fully saturated rings. The summed E-state index contributed by atoms with van der Waals surface area (Å²) in [5.41, 5.74) is 5.15. The lowest BCUT2D eigenvalue weighted by Gasteiger charge is -2.18. The molecule has 0 aromatic heterocycles. The highest BCUT2D eigenvalue weighted by Gasteiger charge is 2.29. The minimum atomic E-state index is -1.14. The third-order valence-electron chi connectivity index (χ3n) is 5.67. The van der Waals surface area contributed by atoms with Crippen LogP contribution in [-0.2, 0) is 16.0 Å². The first kappa shape index (κ1) is 22.2. The van der Waals surface area contributed by atoms with Crippen LogP contribution in [0.15, 0.2) is 66.7 Å². The first-order chi connectivity index (χ1) is 15.5. The van der Waals surface area contributed by atoms with Gasteiger partial charge in [-0.3, -0.25) is 0 Å². The highest BCUT2D eigenvalue weighted by atomic mass is 35.5. The Labute approximate surface area is 195 Å². The zero-order chi connectivity index (χ0) is 22.7. The second-order valence-corrected chi connectivity index (χ2v) is 8.40. The fourth-order valence-corrected chi connectivity index (χ4v) is 4.50. The molecule has 7 heteroatoms. The van der Waals surface area contributed by atoms with E-state index >= 15 is 0 Å². The lowest BCUT2D eigenvalue weighted by molar-refractivity contribution is -0.139. The summed E-state index contributed by atoms with van der Waals surface area (Å²) in [6.07, 6.45) is -0.268. The molecule has 0 saturated carbocycles. The van der Waals surface area contributed by atoms with Crippen LogP contribution in [0.2, 0.25) is 10.0 Å². The molecule has 164 valence electrons. The lowest BCUT2D eigenvalue weighted by Crippen LogP contribution is -2.41. The molecule has 3 aromatic rings. The van der Waals surface area contributed by atoms with Crippen LogP contribution in [0.5, 0.6) is 0 Å². The maximum Gasteiger partial charge on any atom is 0.407 e. The van der Waals surface area contributed by atoms with Gasteiger partial charge in [0.1, 0.15) is 12.6 Å². The van der Waals surface area contributed by atoms with Gasteiger partial charge in [-0.25, -0.2) is 9.59 Å². The van der Waals surface area contributed by atoms with Crippen molar-refractivity contribution in [2.24, 2.45) is 0 Å². The van der Waals surface area contributed by atoms with E-state index in [1.165, 1.54) is 0 Å². The maximum absolute atomic E-state index is 12.4. The maximum atomic E-state index is 12.4. The molecule has 5 nitrogen and oxygen atoms in total. The number of ether oxygens (including phenoxy) is 1. The summed E-state index contributed by atoms with van der Waals surface area (Å²) in [5.74, 6) is -1.24. The minimum Gasteiger partial charge on any atom is -0.480 e. The number of amides is 1. The van der Waals surface area contributed by atoms with E-state index in [0.29, 0.717) is 16.5 Å². The molecule has 0 bridgehead atoms. The van der Waals surface area contributed by atoms with Crippen LogP contribution in [0, 0.1) is 0 Å². The van der Waals surface area contributed by atoms with Crippen molar-refractivity contribution >= 4 is 35.3 Å². The molecule has 0 heterocycles. The molecule has 1 amide bonds. The molecule has 1 aliphatic carbocycles. The minimum absolute atomic E-state index is 0.0957. The number of carboxylic acid groups (broad SMARTS) is 1. The Kier molecular flexibility index (Phi) is 6.68. The molecule has 0 spiro atoms. The van der Waals surface area contributed by atoms with Crippen molar-refractivity contribution in [2.45, 2.75) is 24.8 Å². The number of rotatable bonds is 7. The van der Waals surface area contributed by atoms with Gasteiger partial charge in [-0.15, -0.1) is 0 Å². The van der Waals surface area contributed by atoms with E-state index in [0.717, 1.165) is 27.8 Å². The molecule has 0 aliphatic heterocycles. The first-order valence-electron chi connectivity index (χ1n) is 10.2. The third-order valence-corrected chi connectivity index (χ3v) is 6.53. The van der Waals surface area contributed by atoms with Crippen molar-refractivity contribution in [3.05, 3.63) is 93.5 Å². The van der Waals surface area contributed by atoms with Gasteiger partial charge in [-0.2, -0.15) is 0 Å². The van der Waals surface area contributed by atoms with Gasteiger partial charge in [0.15, 0.2) is 0 Å². The summed E-state index contributed by atoms with van der Waals surface area (Å²) in [5, 5.41) is 12.8. The van der Waals surface area contributed by atoms with Crippen LogP contribution < -0.4 is 5.32 Å². The number of nitrogens with one attached hydrogen (secondary N) is 1. The number of aryl methyl sites for hydroxylation is 1. The quantitative estimate of drug-likeness (QED) is 0.450. The number of aliphatic carboxylic acids is 1. The fraction of sp³-hybridized carbons (Fsp3) is 0.200. The average Bonchev–Trinajstić information content (AvgIpc) is 3.11. The van der Waals surface area contributed by atoms with E-state index in [4.69, 9.17) is 27.9 Å². The number of benzene rings is 3. The number of carbonyl (C=O) groups excluding carboxylic acids is 1. The smallest absolute Gasteiger partial charge is 0.407 e. The summed E-state index contributed by atoms with van der Waals surface area (Å²) in [6.45, 7) is 0.117. The van der Waals surface area contributed by atoms with Gasteiger partial charge in [0.25, 0.3) is 0 Å². The zero-order valence-electron chi connectivity index (χ0n) is 17.1. The van der Waals surface area contributed by atoms with E-state index in [1.807, 2.05) is 36.4 Å². The van der Waals surface area contributed by atoms with E-state index in [9.17, 15) is 14.7 Å². The standard InChI is InChI=1S/C25H21Cl2NO4/c26-21-11-5-6-15(23(21)27)12-13-22(24(29)30)28-25(31)32-14-20-18-9-3-1-7-16(18)17-8-2-4-10-19(17)20/h1-11,20,22H,12-14H2,(H,28,31)(H,29,30). The summed E-state index contributed by atoms with van der Waals surface area (Å²) in [7, 11) is 0. The summed E-state index contributed by atoms with van der Waals surface area (Å²) >= 11 is 12.2. The normalized spacial score (nSPS) is 13.2. The Hall–Kier alpha value is -3.02. The van der Waals surface area contributed by atoms with Crippen LogP contribution >= 0.6 is 23.2 Å². The van der Waals surface area contributed by atoms with E-state index < -0.39 is 18.1 Å². The van der Waals surface area contributed by atoms with Crippen molar-refractivity contribution in [2.75, 3.05) is 6.61 Å². The number of hydrogen-bond donors (Lipinski definition) is 2. The molecule has 2 N–H and O–H groups in total. The van der Waals surface area contributed by atoms with Gasteiger partial charge >= 0.3 is 12.1 Å². The number of carbonyl (C=O) groups is 2. The molecule has 1 atom stereocenters. The Morgan fingerprint density at radius 3 is 2.19 bits per heavy atom. The summed E-state index contributed by atoms with van der Waals surface area (Å²) < 4.78 is 5.45. The molecule has 1 aliphatic rings. The molecule has 0 saturated heterocycles. The average molecular weight is 470 g/mol. The highest BCUT2D eigenvalue weighted by Crippen LogP contribution is 2.44. The van der Waals surface area contributed by atoms with Crippen LogP contribution in [0.3, 0.4) is 0 Å². The van der Waals surface area contributed by atoms with Crippen molar-refractivity contribution in [1.29, 1.82) is 0 Å². The topological polar surface area (TPSA) is 75.6 Å². The SMILES string of the molecule is O=C(NC(CCc1cccc(Cl)c1Cl)C(=O)O)OCC1c2ccccc2-c2ccccc21. The number of fused-ring (bicyclic) bond motifs is 3. The van der Waals surface area contributed by atoms with Crippen molar-refractivity contribution in [3.8, 4) is 11.1 Å². The van der Waals surface area contributed by atoms with Gasteiger partial charge in [-0.1, -0.05) is 83.9 Å². The van der Waals surface area contributed by atoms with E-state index in [1.54, 1.807) is 18.2 Å². The second kappa shape index (κ2) is 9.63. The predicted octanol–water partition coefficient (Wildman–Crippen LogP) is 5.92. The van der Waals surface area contributed by atoms with Gasteiger partial charge < -0.3 is 15.2 Å². The second-order valence-electron chi connectivity index (χ2n) is 7.61. The molecule has 32 heavy (non-hydrogen) atoms. The van der Waals surface area contributed by atoms with Crippen LogP contribution in [0.1, 0.15) is 29.0 Å². The number of carboxylic acids is 1. The Balaban J connectivity index is 1.39. The summed E-state index contributed by atoms with van der Waals surface area (Å²) in [4.78, 5) is 24.1. The number of hydrogen-bond acceptors (Lipinski definition) is 3. The Morgan fingerprint density at radius 1 is 0.938 bits per heavy atom. The molecule has 1 unspecified atom stereocenters. The molecule has 4 rings (SSSR count). The van der Waals surface area contributed by atoms with Gasteiger partial charge in [0.2, 0.25) is 0 Å².